The second-order valence-electron chi connectivity index (χ2n) is 7.60. The lowest BCUT2D eigenvalue weighted by atomic mass is 10.2. The van der Waals surface area contributed by atoms with Crippen molar-refractivity contribution in [2.45, 2.75) is 18.4 Å². The maximum absolute atomic E-state index is 13.2. The van der Waals surface area contributed by atoms with E-state index in [2.05, 4.69) is 9.62 Å². The minimum atomic E-state index is -3.80. The Hall–Kier alpha value is -2.37. The molecule has 0 aliphatic carbocycles. The second kappa shape index (κ2) is 8.87. The van der Waals surface area contributed by atoms with Gasteiger partial charge in [-0.3, -0.25) is 9.62 Å². The third-order valence-corrected chi connectivity index (χ3v) is 8.43. The summed E-state index contributed by atoms with van der Waals surface area (Å²) in [4.78, 5) is 13.7. The largest absolute Gasteiger partial charge is 0.379 e. The zero-order valence-corrected chi connectivity index (χ0v) is 19.9. The number of aryl methyl sites for hydroxylation is 1. The fraction of sp³-hybridized carbons (Fsp3) is 0.273. The first-order chi connectivity index (χ1) is 15.5. The average molecular weight is 487 g/mol. The van der Waals surface area contributed by atoms with Crippen molar-refractivity contribution < 1.29 is 13.2 Å². The summed E-state index contributed by atoms with van der Waals surface area (Å²) in [7, 11) is -3.80. The molecule has 166 valence electrons. The van der Waals surface area contributed by atoms with Gasteiger partial charge in [-0.15, -0.1) is 22.7 Å². The van der Waals surface area contributed by atoms with Crippen LogP contribution in [-0.4, -0.2) is 49.6 Å². The smallest absolute Gasteiger partial charge is 0.263 e. The van der Waals surface area contributed by atoms with Gasteiger partial charge in [0.25, 0.3) is 10.0 Å². The molecule has 32 heavy (non-hydrogen) atoms. The predicted molar refractivity (Wildman–Crippen MR) is 129 cm³/mol. The fourth-order valence-corrected chi connectivity index (χ4v) is 6.40. The van der Waals surface area contributed by atoms with Crippen molar-refractivity contribution in [2.75, 3.05) is 31.0 Å². The number of benzene rings is 1. The van der Waals surface area contributed by atoms with E-state index in [1.54, 1.807) is 35.6 Å². The summed E-state index contributed by atoms with van der Waals surface area (Å²) in [5.41, 5.74) is 1.94. The Kier molecular flexibility index (Phi) is 5.95. The summed E-state index contributed by atoms with van der Waals surface area (Å²) in [6.45, 7) is 5.43. The number of hydrogen-bond acceptors (Lipinski definition) is 8. The molecule has 0 radical (unpaired) electrons. The van der Waals surface area contributed by atoms with Crippen LogP contribution in [0, 0.1) is 6.92 Å². The SMILES string of the molecule is Cc1ccc(S(=O)(=O)Nc2nc(CN3CCOCC3)nc3scc(-c4cccs4)c23)cc1. The molecule has 10 heteroatoms. The van der Waals surface area contributed by atoms with E-state index in [-0.39, 0.29) is 4.90 Å². The minimum Gasteiger partial charge on any atom is -0.379 e. The minimum absolute atomic E-state index is 0.206. The molecule has 0 atom stereocenters. The summed E-state index contributed by atoms with van der Waals surface area (Å²) in [5.74, 6) is 0.920. The molecule has 1 N–H and O–H groups in total. The molecule has 0 spiro atoms. The van der Waals surface area contributed by atoms with Crippen LogP contribution in [-0.2, 0) is 21.3 Å². The van der Waals surface area contributed by atoms with Crippen LogP contribution in [0.3, 0.4) is 0 Å². The van der Waals surface area contributed by atoms with E-state index in [1.807, 2.05) is 29.8 Å². The highest BCUT2D eigenvalue weighted by atomic mass is 32.2. The first kappa shape index (κ1) is 21.5. The number of nitrogens with zero attached hydrogens (tertiary/aromatic N) is 3. The Morgan fingerprint density at radius 3 is 2.59 bits per heavy atom. The molecule has 4 heterocycles. The van der Waals surface area contributed by atoms with Crippen LogP contribution in [0.2, 0.25) is 0 Å². The Morgan fingerprint density at radius 2 is 1.88 bits per heavy atom. The van der Waals surface area contributed by atoms with E-state index in [0.717, 1.165) is 39.3 Å². The van der Waals surface area contributed by atoms with Gasteiger partial charge in [0.05, 0.1) is 30.0 Å². The first-order valence-corrected chi connectivity index (χ1v) is 13.5. The third-order valence-electron chi connectivity index (χ3n) is 5.30. The number of aromatic nitrogens is 2. The van der Waals surface area contributed by atoms with E-state index in [1.165, 1.54) is 11.3 Å². The topological polar surface area (TPSA) is 84.4 Å². The molecule has 5 rings (SSSR count). The van der Waals surface area contributed by atoms with Crippen molar-refractivity contribution in [1.82, 2.24) is 14.9 Å². The van der Waals surface area contributed by atoms with Gasteiger partial charge in [-0.05, 0) is 30.5 Å². The normalized spacial score (nSPS) is 15.3. The van der Waals surface area contributed by atoms with Gasteiger partial charge in [0.2, 0.25) is 0 Å². The highest BCUT2D eigenvalue weighted by molar-refractivity contribution is 7.92. The Bertz CT molecular complexity index is 1330. The fourth-order valence-electron chi connectivity index (χ4n) is 3.61. The van der Waals surface area contributed by atoms with E-state index >= 15 is 0 Å². The summed E-state index contributed by atoms with van der Waals surface area (Å²) in [6, 6.07) is 10.8. The Balaban J connectivity index is 1.58. The molecular weight excluding hydrogens is 464 g/mol. The molecule has 7 nitrogen and oxygen atoms in total. The number of fused-ring (bicyclic) bond motifs is 1. The molecule has 0 amide bonds. The molecular formula is C22H22N4O3S3. The van der Waals surface area contributed by atoms with Crippen molar-refractivity contribution in [1.29, 1.82) is 0 Å². The lowest BCUT2D eigenvalue weighted by Gasteiger charge is -2.25. The maximum atomic E-state index is 13.2. The van der Waals surface area contributed by atoms with Gasteiger partial charge in [-0.1, -0.05) is 23.8 Å². The van der Waals surface area contributed by atoms with Gasteiger partial charge in [-0.2, -0.15) is 0 Å². The molecule has 3 aromatic heterocycles. The number of thiophene rings is 2. The number of morpholine rings is 1. The first-order valence-electron chi connectivity index (χ1n) is 10.2. The van der Waals surface area contributed by atoms with Crippen LogP contribution < -0.4 is 4.72 Å². The molecule has 0 bridgehead atoms. The van der Waals surface area contributed by atoms with Crippen molar-refractivity contribution in [3.63, 3.8) is 0 Å². The van der Waals surface area contributed by atoms with Gasteiger partial charge in [0, 0.05) is 28.9 Å². The number of sulfonamides is 1. The van der Waals surface area contributed by atoms with Crippen molar-refractivity contribution in [3.05, 3.63) is 58.5 Å². The summed E-state index contributed by atoms with van der Waals surface area (Å²) in [6.07, 6.45) is 0. The van der Waals surface area contributed by atoms with Crippen molar-refractivity contribution in [3.8, 4) is 10.4 Å². The van der Waals surface area contributed by atoms with Crippen LogP contribution >= 0.6 is 22.7 Å². The van der Waals surface area contributed by atoms with Gasteiger partial charge in [0.1, 0.15) is 10.7 Å². The summed E-state index contributed by atoms with van der Waals surface area (Å²) < 4.78 is 34.6. The molecule has 1 saturated heterocycles. The van der Waals surface area contributed by atoms with Crippen LogP contribution in [0.5, 0.6) is 0 Å². The van der Waals surface area contributed by atoms with Crippen LogP contribution in [0.1, 0.15) is 11.4 Å². The lowest BCUT2D eigenvalue weighted by Crippen LogP contribution is -2.36. The predicted octanol–water partition coefficient (Wildman–Crippen LogP) is 4.36. The van der Waals surface area contributed by atoms with Crippen LogP contribution in [0.25, 0.3) is 20.7 Å². The molecule has 1 aromatic carbocycles. The molecule has 0 saturated carbocycles. The number of rotatable bonds is 6. The van der Waals surface area contributed by atoms with Crippen molar-refractivity contribution >= 4 is 48.7 Å². The molecule has 1 fully saturated rings. The van der Waals surface area contributed by atoms with Crippen LogP contribution in [0.4, 0.5) is 5.82 Å². The molecule has 1 aliphatic heterocycles. The maximum Gasteiger partial charge on any atom is 0.263 e. The van der Waals surface area contributed by atoms with E-state index in [0.29, 0.717) is 31.4 Å². The quantitative estimate of drug-likeness (QED) is 0.436. The molecule has 0 unspecified atom stereocenters. The zero-order chi connectivity index (χ0) is 22.1. The second-order valence-corrected chi connectivity index (χ2v) is 11.1. The number of nitrogens with one attached hydrogen (secondary N) is 1. The van der Waals surface area contributed by atoms with E-state index < -0.39 is 10.0 Å². The Labute approximate surface area is 194 Å². The number of hydrogen-bond donors (Lipinski definition) is 1. The van der Waals surface area contributed by atoms with Gasteiger partial charge in [-0.25, -0.2) is 18.4 Å². The van der Waals surface area contributed by atoms with E-state index in [4.69, 9.17) is 14.7 Å². The summed E-state index contributed by atoms with van der Waals surface area (Å²) in [5, 5.41) is 4.76. The van der Waals surface area contributed by atoms with Crippen LogP contribution in [0.15, 0.2) is 52.1 Å². The molecule has 4 aromatic rings. The Morgan fingerprint density at radius 1 is 1.09 bits per heavy atom. The highest BCUT2D eigenvalue weighted by Crippen LogP contribution is 2.39. The van der Waals surface area contributed by atoms with Gasteiger partial charge >= 0.3 is 0 Å². The molecule has 1 aliphatic rings. The highest BCUT2D eigenvalue weighted by Gasteiger charge is 2.22. The van der Waals surface area contributed by atoms with E-state index in [9.17, 15) is 8.42 Å². The summed E-state index contributed by atoms with van der Waals surface area (Å²) >= 11 is 3.11. The lowest BCUT2D eigenvalue weighted by molar-refractivity contribution is 0.0331. The zero-order valence-electron chi connectivity index (χ0n) is 17.4. The van der Waals surface area contributed by atoms with Crippen molar-refractivity contribution in [2.24, 2.45) is 0 Å². The average Bonchev–Trinajstić information content (AvgIpc) is 3.44. The third kappa shape index (κ3) is 4.41. The standard InChI is InChI=1S/C22H22N4O3S3/c1-15-4-6-16(7-5-15)32(27,28)25-21-20-17(18-3-2-12-30-18)14-31-22(20)24-19(23-21)13-26-8-10-29-11-9-26/h2-7,12,14H,8-11,13H2,1H3,(H,23,24,25). The number of anilines is 1. The van der Waals surface area contributed by atoms with Gasteiger partial charge in [0.15, 0.2) is 5.82 Å². The monoisotopic (exact) mass is 486 g/mol. The van der Waals surface area contributed by atoms with Gasteiger partial charge < -0.3 is 4.74 Å². The number of ether oxygens (including phenoxy) is 1.